The first-order valence-corrected chi connectivity index (χ1v) is 6.76. The van der Waals surface area contributed by atoms with Crippen molar-refractivity contribution in [3.05, 3.63) is 17.7 Å². The van der Waals surface area contributed by atoms with Crippen LogP contribution in [0.1, 0.15) is 30.1 Å². The highest BCUT2D eigenvalue weighted by atomic mass is 16.5. The van der Waals surface area contributed by atoms with Gasteiger partial charge in [-0.05, 0) is 30.9 Å². The molecule has 1 saturated carbocycles. The van der Waals surface area contributed by atoms with Gasteiger partial charge in [-0.3, -0.25) is 4.79 Å². The van der Waals surface area contributed by atoms with Gasteiger partial charge in [0.05, 0.1) is 26.4 Å². The van der Waals surface area contributed by atoms with Gasteiger partial charge in [-0.1, -0.05) is 0 Å². The van der Waals surface area contributed by atoms with Gasteiger partial charge < -0.3 is 19.5 Å². The van der Waals surface area contributed by atoms with E-state index in [0.717, 1.165) is 12.8 Å². The second-order valence-electron chi connectivity index (χ2n) is 4.95. The van der Waals surface area contributed by atoms with E-state index in [9.17, 15) is 9.59 Å². The van der Waals surface area contributed by atoms with Crippen LogP contribution < -0.4 is 14.8 Å². The fourth-order valence-corrected chi connectivity index (χ4v) is 1.93. The predicted octanol–water partition coefficient (Wildman–Crippen LogP) is 2.23. The zero-order valence-corrected chi connectivity index (χ0v) is 12.4. The highest BCUT2D eigenvalue weighted by Gasteiger charge is 2.26. The Morgan fingerprint density at radius 2 is 2.00 bits per heavy atom. The third-order valence-electron chi connectivity index (χ3n) is 3.21. The Labute approximate surface area is 123 Å². The van der Waals surface area contributed by atoms with Crippen molar-refractivity contribution in [1.29, 1.82) is 0 Å². The van der Waals surface area contributed by atoms with Crippen LogP contribution in [0.25, 0.3) is 0 Å². The summed E-state index contributed by atoms with van der Waals surface area (Å²) in [6, 6.07) is 3.17. The average Bonchev–Trinajstić information content (AvgIpc) is 3.28. The van der Waals surface area contributed by atoms with Crippen LogP contribution in [0.3, 0.4) is 0 Å². The average molecular weight is 293 g/mol. The van der Waals surface area contributed by atoms with Crippen molar-refractivity contribution in [2.24, 2.45) is 5.92 Å². The lowest BCUT2D eigenvalue weighted by atomic mass is 10.1. The first-order chi connectivity index (χ1) is 10.1. The van der Waals surface area contributed by atoms with Crippen LogP contribution in [-0.4, -0.2) is 32.7 Å². The minimum Gasteiger partial charge on any atom is -0.493 e. The summed E-state index contributed by atoms with van der Waals surface area (Å²) in [5.74, 6) is 0.513. The molecule has 6 heteroatoms. The smallest absolute Gasteiger partial charge is 0.340 e. The van der Waals surface area contributed by atoms with Crippen molar-refractivity contribution in [2.75, 3.05) is 26.1 Å². The molecule has 0 bridgehead atoms. The molecule has 1 aromatic rings. The molecule has 0 saturated heterocycles. The molecule has 1 N–H and O–H groups in total. The van der Waals surface area contributed by atoms with E-state index in [-0.39, 0.29) is 17.2 Å². The van der Waals surface area contributed by atoms with Gasteiger partial charge in [0.1, 0.15) is 5.69 Å². The van der Waals surface area contributed by atoms with Gasteiger partial charge in [0, 0.05) is 6.92 Å². The fourth-order valence-electron chi connectivity index (χ4n) is 1.93. The van der Waals surface area contributed by atoms with Crippen LogP contribution in [0.15, 0.2) is 12.1 Å². The summed E-state index contributed by atoms with van der Waals surface area (Å²) in [6.07, 6.45) is 2.27. The fraction of sp³-hybridized carbons (Fsp3) is 0.467. The van der Waals surface area contributed by atoms with E-state index in [0.29, 0.717) is 24.0 Å². The Balaban J connectivity index is 2.42. The molecule has 0 radical (unpaired) electrons. The molecule has 0 atom stereocenters. The number of benzene rings is 1. The Morgan fingerprint density at radius 3 is 2.52 bits per heavy atom. The molecule has 1 aromatic carbocycles. The zero-order valence-electron chi connectivity index (χ0n) is 12.4. The molecule has 1 amide bonds. The van der Waals surface area contributed by atoms with E-state index in [2.05, 4.69) is 5.32 Å². The summed E-state index contributed by atoms with van der Waals surface area (Å²) < 4.78 is 15.8. The summed E-state index contributed by atoms with van der Waals surface area (Å²) in [7, 11) is 2.80. The van der Waals surface area contributed by atoms with Crippen molar-refractivity contribution in [2.45, 2.75) is 19.8 Å². The van der Waals surface area contributed by atoms with Gasteiger partial charge in [-0.15, -0.1) is 0 Å². The number of carbonyl (C=O) groups is 2. The van der Waals surface area contributed by atoms with Gasteiger partial charge in [0.2, 0.25) is 5.91 Å². The lowest BCUT2D eigenvalue weighted by molar-refractivity contribution is -0.114. The van der Waals surface area contributed by atoms with Crippen molar-refractivity contribution in [3.63, 3.8) is 0 Å². The SMILES string of the molecule is COC(=O)c1ccc(OC)c(OCC2CC2)c1NC(C)=O. The summed E-state index contributed by atoms with van der Waals surface area (Å²) in [5.41, 5.74) is 0.522. The summed E-state index contributed by atoms with van der Waals surface area (Å²) in [6.45, 7) is 1.90. The Bertz CT molecular complexity index is 551. The third kappa shape index (κ3) is 3.65. The minimum atomic E-state index is -0.544. The van der Waals surface area contributed by atoms with Gasteiger partial charge in [-0.2, -0.15) is 0 Å². The van der Waals surface area contributed by atoms with Crippen molar-refractivity contribution >= 4 is 17.6 Å². The van der Waals surface area contributed by atoms with Crippen LogP contribution in [0.2, 0.25) is 0 Å². The van der Waals surface area contributed by atoms with Crippen LogP contribution >= 0.6 is 0 Å². The molecule has 0 aromatic heterocycles. The summed E-state index contributed by atoms with van der Waals surface area (Å²) >= 11 is 0. The number of methoxy groups -OCH3 is 2. The van der Waals surface area contributed by atoms with Crippen LogP contribution in [-0.2, 0) is 9.53 Å². The lowest BCUT2D eigenvalue weighted by Crippen LogP contribution is -2.15. The number of hydrogen-bond donors (Lipinski definition) is 1. The van der Waals surface area contributed by atoms with Crippen LogP contribution in [0, 0.1) is 5.92 Å². The van der Waals surface area contributed by atoms with Crippen LogP contribution in [0.4, 0.5) is 5.69 Å². The molecule has 2 rings (SSSR count). The highest BCUT2D eigenvalue weighted by molar-refractivity contribution is 6.03. The molecule has 1 aliphatic rings. The summed E-state index contributed by atoms with van der Waals surface area (Å²) in [5, 5.41) is 2.63. The first kappa shape index (κ1) is 15.2. The molecule has 0 aliphatic heterocycles. The number of hydrogen-bond acceptors (Lipinski definition) is 5. The van der Waals surface area contributed by atoms with Crippen LogP contribution in [0.5, 0.6) is 11.5 Å². The standard InChI is InChI=1S/C15H19NO5/c1-9(17)16-13-11(15(18)20-3)6-7-12(19-2)14(13)21-8-10-4-5-10/h6-7,10H,4-5,8H2,1-3H3,(H,16,17). The quantitative estimate of drug-likeness (QED) is 0.814. The monoisotopic (exact) mass is 293 g/mol. The van der Waals surface area contributed by atoms with E-state index >= 15 is 0 Å². The zero-order chi connectivity index (χ0) is 15.4. The van der Waals surface area contributed by atoms with Crippen molar-refractivity contribution in [3.8, 4) is 11.5 Å². The number of esters is 1. The Kier molecular flexibility index (Phi) is 4.67. The molecule has 0 spiro atoms. The number of anilines is 1. The molecule has 114 valence electrons. The van der Waals surface area contributed by atoms with E-state index in [1.54, 1.807) is 12.1 Å². The molecule has 0 unspecified atom stereocenters. The normalized spacial score (nSPS) is 13.5. The van der Waals surface area contributed by atoms with Gasteiger partial charge in [-0.25, -0.2) is 4.79 Å². The molecular weight excluding hydrogens is 274 g/mol. The highest BCUT2D eigenvalue weighted by Crippen LogP contribution is 2.40. The number of rotatable bonds is 6. The second-order valence-corrected chi connectivity index (χ2v) is 4.95. The van der Waals surface area contributed by atoms with E-state index in [1.165, 1.54) is 21.1 Å². The number of nitrogens with one attached hydrogen (secondary N) is 1. The van der Waals surface area contributed by atoms with E-state index in [4.69, 9.17) is 14.2 Å². The van der Waals surface area contributed by atoms with E-state index in [1.807, 2.05) is 0 Å². The number of carbonyl (C=O) groups excluding carboxylic acids is 2. The largest absolute Gasteiger partial charge is 0.493 e. The maximum absolute atomic E-state index is 11.8. The minimum absolute atomic E-state index is 0.235. The molecule has 0 heterocycles. The molecular formula is C15H19NO5. The number of ether oxygens (including phenoxy) is 3. The van der Waals surface area contributed by atoms with Gasteiger partial charge >= 0.3 is 5.97 Å². The maximum atomic E-state index is 11.8. The molecule has 6 nitrogen and oxygen atoms in total. The molecule has 21 heavy (non-hydrogen) atoms. The van der Waals surface area contributed by atoms with Gasteiger partial charge in [0.15, 0.2) is 11.5 Å². The van der Waals surface area contributed by atoms with Crippen molar-refractivity contribution in [1.82, 2.24) is 0 Å². The van der Waals surface area contributed by atoms with E-state index < -0.39 is 5.97 Å². The number of amides is 1. The topological polar surface area (TPSA) is 73.9 Å². The predicted molar refractivity (Wildman–Crippen MR) is 76.9 cm³/mol. The first-order valence-electron chi connectivity index (χ1n) is 6.76. The molecule has 1 fully saturated rings. The summed E-state index contributed by atoms with van der Waals surface area (Å²) in [4.78, 5) is 23.3. The Morgan fingerprint density at radius 1 is 1.29 bits per heavy atom. The van der Waals surface area contributed by atoms with Crippen molar-refractivity contribution < 1.29 is 23.8 Å². The maximum Gasteiger partial charge on any atom is 0.340 e. The lowest BCUT2D eigenvalue weighted by Gasteiger charge is -2.17. The third-order valence-corrected chi connectivity index (χ3v) is 3.21. The molecule has 1 aliphatic carbocycles. The second kappa shape index (κ2) is 6.47. The van der Waals surface area contributed by atoms with Gasteiger partial charge in [0.25, 0.3) is 0 Å². The Hall–Kier alpha value is -2.24.